The van der Waals surface area contributed by atoms with Crippen molar-refractivity contribution in [3.05, 3.63) is 11.5 Å². The maximum absolute atomic E-state index is 5.61. The summed E-state index contributed by atoms with van der Waals surface area (Å²) in [5, 5.41) is 0. The van der Waals surface area contributed by atoms with E-state index in [1.807, 2.05) is 0 Å². The van der Waals surface area contributed by atoms with Crippen LogP contribution in [-0.2, 0) is 4.74 Å². The SMILES string of the molecule is CC(C)c1oc(N)nc1C1CCOCC1. The van der Waals surface area contributed by atoms with Gasteiger partial charge in [-0.1, -0.05) is 13.8 Å². The van der Waals surface area contributed by atoms with E-state index in [2.05, 4.69) is 18.8 Å². The predicted octanol–water partition coefficient (Wildman–Crippen LogP) is 2.27. The Balaban J connectivity index is 2.25. The van der Waals surface area contributed by atoms with Crippen LogP contribution in [-0.4, -0.2) is 18.2 Å². The van der Waals surface area contributed by atoms with Gasteiger partial charge in [0.25, 0.3) is 6.01 Å². The molecule has 1 aliphatic heterocycles. The van der Waals surface area contributed by atoms with E-state index in [9.17, 15) is 0 Å². The third-order valence-corrected chi connectivity index (χ3v) is 2.83. The zero-order chi connectivity index (χ0) is 10.8. The Bertz CT molecular complexity index is 327. The summed E-state index contributed by atoms with van der Waals surface area (Å²) in [5.41, 5.74) is 6.66. The summed E-state index contributed by atoms with van der Waals surface area (Å²) in [6, 6.07) is 0.292. The van der Waals surface area contributed by atoms with Gasteiger partial charge in [0.2, 0.25) is 0 Å². The van der Waals surface area contributed by atoms with Crippen LogP contribution in [0.5, 0.6) is 0 Å². The van der Waals surface area contributed by atoms with Crippen LogP contribution in [0, 0.1) is 0 Å². The molecule has 1 aromatic rings. The zero-order valence-electron chi connectivity index (χ0n) is 9.32. The lowest BCUT2D eigenvalue weighted by Crippen LogP contribution is -2.15. The summed E-state index contributed by atoms with van der Waals surface area (Å²) in [5.74, 6) is 1.74. The first-order valence-corrected chi connectivity index (χ1v) is 5.52. The first-order valence-electron chi connectivity index (χ1n) is 5.52. The molecule has 2 rings (SSSR count). The van der Waals surface area contributed by atoms with Crippen LogP contribution in [0.4, 0.5) is 6.01 Å². The second kappa shape index (κ2) is 4.23. The van der Waals surface area contributed by atoms with Crippen molar-refractivity contribution in [3.63, 3.8) is 0 Å². The second-order valence-corrected chi connectivity index (χ2v) is 4.34. The van der Waals surface area contributed by atoms with Crippen LogP contribution < -0.4 is 5.73 Å². The molecule has 0 amide bonds. The van der Waals surface area contributed by atoms with Gasteiger partial charge in [-0.3, -0.25) is 0 Å². The highest BCUT2D eigenvalue weighted by Gasteiger charge is 2.25. The Labute approximate surface area is 89.8 Å². The molecule has 4 heteroatoms. The number of hydrogen-bond donors (Lipinski definition) is 1. The Morgan fingerprint density at radius 2 is 2.00 bits per heavy atom. The second-order valence-electron chi connectivity index (χ2n) is 4.34. The first kappa shape index (κ1) is 10.5. The van der Waals surface area contributed by atoms with Gasteiger partial charge in [0.1, 0.15) is 5.76 Å². The van der Waals surface area contributed by atoms with E-state index in [1.165, 1.54) is 0 Å². The Kier molecular flexibility index (Phi) is 2.95. The molecule has 0 unspecified atom stereocenters. The standard InChI is InChI=1S/C11H18N2O2/c1-7(2)10-9(13-11(12)15-10)8-3-5-14-6-4-8/h7-8H,3-6H2,1-2H3,(H2,12,13). The number of rotatable bonds is 2. The molecule has 15 heavy (non-hydrogen) atoms. The molecule has 1 aliphatic rings. The number of nitrogens with two attached hydrogens (primary N) is 1. The quantitative estimate of drug-likeness (QED) is 0.813. The molecule has 2 N–H and O–H groups in total. The van der Waals surface area contributed by atoms with E-state index in [4.69, 9.17) is 14.9 Å². The monoisotopic (exact) mass is 210 g/mol. The number of oxazole rings is 1. The van der Waals surface area contributed by atoms with Gasteiger partial charge in [0.05, 0.1) is 5.69 Å². The molecule has 0 aromatic carbocycles. The highest BCUT2D eigenvalue weighted by Crippen LogP contribution is 2.33. The fourth-order valence-electron chi connectivity index (χ4n) is 2.04. The Morgan fingerprint density at radius 1 is 1.33 bits per heavy atom. The summed E-state index contributed by atoms with van der Waals surface area (Å²) in [6.45, 7) is 5.83. The summed E-state index contributed by atoms with van der Waals surface area (Å²) >= 11 is 0. The molecule has 4 nitrogen and oxygen atoms in total. The van der Waals surface area contributed by atoms with Gasteiger partial charge < -0.3 is 14.9 Å². The fraction of sp³-hybridized carbons (Fsp3) is 0.727. The van der Waals surface area contributed by atoms with Crippen molar-refractivity contribution < 1.29 is 9.15 Å². The number of anilines is 1. The van der Waals surface area contributed by atoms with E-state index in [1.54, 1.807) is 0 Å². The molecule has 0 radical (unpaired) electrons. The summed E-state index contributed by atoms with van der Waals surface area (Å²) in [7, 11) is 0. The largest absolute Gasteiger partial charge is 0.428 e. The smallest absolute Gasteiger partial charge is 0.292 e. The van der Waals surface area contributed by atoms with Gasteiger partial charge in [-0.25, -0.2) is 0 Å². The van der Waals surface area contributed by atoms with Crippen LogP contribution in [0.1, 0.15) is 50.0 Å². The fourth-order valence-corrected chi connectivity index (χ4v) is 2.04. The van der Waals surface area contributed by atoms with Crippen molar-refractivity contribution >= 4 is 6.01 Å². The van der Waals surface area contributed by atoms with Gasteiger partial charge in [0, 0.05) is 25.0 Å². The zero-order valence-corrected chi connectivity index (χ0v) is 9.32. The lowest BCUT2D eigenvalue weighted by atomic mass is 9.93. The van der Waals surface area contributed by atoms with E-state index >= 15 is 0 Å². The van der Waals surface area contributed by atoms with Crippen LogP contribution in [0.3, 0.4) is 0 Å². The van der Waals surface area contributed by atoms with Crippen molar-refractivity contribution in [2.24, 2.45) is 0 Å². The lowest BCUT2D eigenvalue weighted by molar-refractivity contribution is 0.0841. The van der Waals surface area contributed by atoms with E-state index in [0.717, 1.165) is 37.5 Å². The van der Waals surface area contributed by atoms with Crippen molar-refractivity contribution in [1.82, 2.24) is 4.98 Å². The van der Waals surface area contributed by atoms with Gasteiger partial charge in [-0.15, -0.1) is 0 Å². The van der Waals surface area contributed by atoms with Crippen molar-refractivity contribution in [2.75, 3.05) is 18.9 Å². The average Bonchev–Trinajstić information content (AvgIpc) is 2.62. The number of nitrogen functional groups attached to an aromatic ring is 1. The number of ether oxygens (including phenoxy) is 1. The molecule has 84 valence electrons. The third kappa shape index (κ3) is 2.15. The molecular formula is C11H18N2O2. The van der Waals surface area contributed by atoms with Crippen LogP contribution in [0.25, 0.3) is 0 Å². The summed E-state index contributed by atoms with van der Waals surface area (Å²) in [6.07, 6.45) is 2.04. The maximum Gasteiger partial charge on any atom is 0.292 e. The van der Waals surface area contributed by atoms with Crippen molar-refractivity contribution in [1.29, 1.82) is 0 Å². The lowest BCUT2D eigenvalue weighted by Gasteiger charge is -2.21. The number of hydrogen-bond acceptors (Lipinski definition) is 4. The van der Waals surface area contributed by atoms with Crippen LogP contribution >= 0.6 is 0 Å². The topological polar surface area (TPSA) is 61.3 Å². The average molecular weight is 210 g/mol. The minimum Gasteiger partial charge on any atom is -0.428 e. The molecule has 0 atom stereocenters. The van der Waals surface area contributed by atoms with Crippen molar-refractivity contribution in [2.45, 2.75) is 38.5 Å². The summed E-state index contributed by atoms with van der Waals surface area (Å²) in [4.78, 5) is 4.31. The summed E-state index contributed by atoms with van der Waals surface area (Å²) < 4.78 is 10.8. The predicted molar refractivity (Wildman–Crippen MR) is 57.8 cm³/mol. The third-order valence-electron chi connectivity index (χ3n) is 2.83. The molecule has 0 bridgehead atoms. The minimum atomic E-state index is 0.292. The Morgan fingerprint density at radius 3 is 2.60 bits per heavy atom. The maximum atomic E-state index is 5.61. The van der Waals surface area contributed by atoms with Gasteiger partial charge in [-0.2, -0.15) is 4.98 Å². The molecule has 2 heterocycles. The van der Waals surface area contributed by atoms with E-state index in [0.29, 0.717) is 17.9 Å². The highest BCUT2D eigenvalue weighted by atomic mass is 16.5. The molecule has 0 saturated carbocycles. The normalized spacial score (nSPS) is 18.6. The first-order chi connectivity index (χ1) is 7.18. The number of nitrogens with zero attached hydrogens (tertiary/aromatic N) is 1. The highest BCUT2D eigenvalue weighted by molar-refractivity contribution is 5.25. The van der Waals surface area contributed by atoms with E-state index in [-0.39, 0.29) is 0 Å². The molecular weight excluding hydrogens is 192 g/mol. The van der Waals surface area contributed by atoms with Crippen LogP contribution in [0.15, 0.2) is 4.42 Å². The van der Waals surface area contributed by atoms with E-state index < -0.39 is 0 Å². The Hall–Kier alpha value is -1.03. The molecule has 0 spiro atoms. The molecule has 0 aliphatic carbocycles. The number of aromatic nitrogens is 1. The molecule has 1 fully saturated rings. The molecule has 1 saturated heterocycles. The van der Waals surface area contributed by atoms with Crippen LogP contribution in [0.2, 0.25) is 0 Å². The van der Waals surface area contributed by atoms with Gasteiger partial charge in [0.15, 0.2) is 0 Å². The minimum absolute atomic E-state index is 0.292. The van der Waals surface area contributed by atoms with Crippen molar-refractivity contribution in [3.8, 4) is 0 Å². The van der Waals surface area contributed by atoms with Gasteiger partial charge >= 0.3 is 0 Å². The molecule has 1 aromatic heterocycles. The van der Waals surface area contributed by atoms with Gasteiger partial charge in [-0.05, 0) is 12.8 Å².